The van der Waals surface area contributed by atoms with Crippen LogP contribution in [0.15, 0.2) is 71.0 Å². The number of imidazole rings is 1. The van der Waals surface area contributed by atoms with Crippen LogP contribution in [0, 0.1) is 0 Å². The van der Waals surface area contributed by atoms with Crippen LogP contribution in [-0.4, -0.2) is 47.0 Å². The number of rotatable bonds is 8. The molecule has 1 saturated heterocycles. The number of H-pyrrole nitrogens is 1. The Kier molecular flexibility index (Phi) is 8.36. The number of aromatic amines is 1. The molecule has 0 atom stereocenters. The van der Waals surface area contributed by atoms with E-state index in [1.807, 2.05) is 0 Å². The van der Waals surface area contributed by atoms with Gasteiger partial charge < -0.3 is 19.4 Å². The van der Waals surface area contributed by atoms with Crippen LogP contribution in [0.2, 0.25) is 0 Å². The van der Waals surface area contributed by atoms with Crippen LogP contribution >= 0.6 is 11.8 Å². The summed E-state index contributed by atoms with van der Waals surface area (Å²) in [7, 11) is 0. The Morgan fingerprint density at radius 1 is 1.08 bits per heavy atom. The third-order valence-corrected chi connectivity index (χ3v) is 6.51. The molecular formula is C25H21F6N3O3S. The summed E-state index contributed by atoms with van der Waals surface area (Å²) < 4.78 is 95.3. The van der Waals surface area contributed by atoms with E-state index in [1.54, 1.807) is 11.0 Å². The summed E-state index contributed by atoms with van der Waals surface area (Å²) in [5, 5.41) is 0. The summed E-state index contributed by atoms with van der Waals surface area (Å²) in [4.78, 5) is 20.5. The van der Waals surface area contributed by atoms with Gasteiger partial charge in [-0.05, 0) is 30.3 Å². The third-order valence-electron chi connectivity index (χ3n) is 5.46. The molecule has 1 N–H and O–H groups in total. The standard InChI is InChI=1S/C25H21F6N3O3S/c26-24(27,28)22-19(20(35)6-7-34-8-10-36-11-9-34)4-5-21(23(22)25(29,30)31)38-18-3-1-2-17(12-18)37-14-16-13-32-15-33-16/h1-7,12-13,15H,8-11,14H2,(H,32,33). The van der Waals surface area contributed by atoms with Crippen molar-refractivity contribution in [2.45, 2.75) is 28.8 Å². The van der Waals surface area contributed by atoms with Crippen LogP contribution in [0.3, 0.4) is 0 Å². The van der Waals surface area contributed by atoms with Gasteiger partial charge in [0.25, 0.3) is 0 Å². The first-order valence-corrected chi connectivity index (χ1v) is 12.1. The van der Waals surface area contributed by atoms with Crippen LogP contribution < -0.4 is 4.74 Å². The number of ether oxygens (including phenoxy) is 2. The van der Waals surface area contributed by atoms with Gasteiger partial charge in [0, 0.05) is 40.7 Å². The molecule has 1 aliphatic heterocycles. The molecule has 0 unspecified atom stereocenters. The molecule has 2 aromatic carbocycles. The first kappa shape index (κ1) is 27.6. The Morgan fingerprint density at radius 2 is 1.82 bits per heavy atom. The molecule has 0 bridgehead atoms. The highest BCUT2D eigenvalue weighted by atomic mass is 32.2. The van der Waals surface area contributed by atoms with Crippen molar-refractivity contribution in [2.24, 2.45) is 0 Å². The normalized spacial score (nSPS) is 14.7. The molecule has 1 aliphatic rings. The van der Waals surface area contributed by atoms with E-state index in [4.69, 9.17) is 9.47 Å². The second-order valence-electron chi connectivity index (χ2n) is 8.13. The van der Waals surface area contributed by atoms with Crippen molar-refractivity contribution in [1.82, 2.24) is 14.9 Å². The zero-order valence-corrected chi connectivity index (χ0v) is 20.4. The van der Waals surface area contributed by atoms with Gasteiger partial charge >= 0.3 is 12.4 Å². The molecular weight excluding hydrogens is 536 g/mol. The zero-order chi connectivity index (χ0) is 27.3. The summed E-state index contributed by atoms with van der Waals surface area (Å²) in [6.07, 6.45) is -5.71. The van der Waals surface area contributed by atoms with Crippen molar-refractivity contribution in [2.75, 3.05) is 26.3 Å². The number of hydrogen-bond donors (Lipinski definition) is 1. The lowest BCUT2D eigenvalue weighted by atomic mass is 9.96. The minimum atomic E-state index is -5.44. The van der Waals surface area contributed by atoms with E-state index in [1.165, 1.54) is 36.9 Å². The number of morpholine rings is 1. The van der Waals surface area contributed by atoms with E-state index in [0.717, 1.165) is 18.2 Å². The topological polar surface area (TPSA) is 67.5 Å². The molecule has 1 aromatic heterocycles. The fourth-order valence-corrected chi connectivity index (χ4v) is 4.75. The Morgan fingerprint density at radius 3 is 2.47 bits per heavy atom. The molecule has 4 rings (SSSR count). The van der Waals surface area contributed by atoms with Crippen molar-refractivity contribution >= 4 is 17.5 Å². The summed E-state index contributed by atoms with van der Waals surface area (Å²) in [6, 6.07) is 7.61. The lowest BCUT2D eigenvalue weighted by molar-refractivity contribution is -0.163. The Hall–Kier alpha value is -3.45. The van der Waals surface area contributed by atoms with Crippen LogP contribution in [0.4, 0.5) is 26.3 Å². The predicted octanol–water partition coefficient (Wildman–Crippen LogP) is 6.21. The summed E-state index contributed by atoms with van der Waals surface area (Å²) in [5.74, 6) is -0.880. The summed E-state index contributed by atoms with van der Waals surface area (Å²) in [6.45, 7) is 1.65. The summed E-state index contributed by atoms with van der Waals surface area (Å²) >= 11 is 0.494. The Bertz CT molecular complexity index is 1290. The van der Waals surface area contributed by atoms with Crippen LogP contribution in [0.25, 0.3) is 0 Å². The molecule has 6 nitrogen and oxygen atoms in total. The second kappa shape index (κ2) is 11.5. The van der Waals surface area contributed by atoms with Crippen molar-refractivity contribution < 1.29 is 40.6 Å². The average Bonchev–Trinajstić information content (AvgIpc) is 3.39. The van der Waals surface area contributed by atoms with Crippen molar-refractivity contribution in [1.29, 1.82) is 0 Å². The van der Waals surface area contributed by atoms with Gasteiger partial charge in [-0.3, -0.25) is 4.79 Å². The number of carbonyl (C=O) groups is 1. The maximum absolute atomic E-state index is 14.1. The molecule has 0 aliphatic carbocycles. The molecule has 3 aromatic rings. The maximum atomic E-state index is 14.1. The molecule has 0 spiro atoms. The molecule has 0 radical (unpaired) electrons. The van der Waals surface area contributed by atoms with E-state index in [0.29, 0.717) is 49.5 Å². The predicted molar refractivity (Wildman–Crippen MR) is 126 cm³/mol. The molecule has 0 saturated carbocycles. The summed E-state index contributed by atoms with van der Waals surface area (Å²) in [5.41, 5.74) is -4.35. The second-order valence-corrected chi connectivity index (χ2v) is 9.24. The number of benzene rings is 2. The van der Waals surface area contributed by atoms with Gasteiger partial charge in [0.05, 0.1) is 42.6 Å². The first-order valence-electron chi connectivity index (χ1n) is 11.3. The minimum Gasteiger partial charge on any atom is -0.487 e. The highest BCUT2D eigenvalue weighted by Crippen LogP contribution is 2.48. The average molecular weight is 558 g/mol. The first-order chi connectivity index (χ1) is 18.0. The monoisotopic (exact) mass is 557 g/mol. The van der Waals surface area contributed by atoms with Gasteiger partial charge in [0.1, 0.15) is 12.4 Å². The molecule has 38 heavy (non-hydrogen) atoms. The van der Waals surface area contributed by atoms with E-state index in [2.05, 4.69) is 9.97 Å². The fraction of sp³-hybridized carbons (Fsp3) is 0.280. The molecule has 1 fully saturated rings. The maximum Gasteiger partial charge on any atom is 0.418 e. The zero-order valence-electron chi connectivity index (χ0n) is 19.6. The fourth-order valence-electron chi connectivity index (χ4n) is 3.72. The lowest BCUT2D eigenvalue weighted by Gasteiger charge is -2.25. The molecule has 2 heterocycles. The number of alkyl halides is 6. The highest BCUT2D eigenvalue weighted by molar-refractivity contribution is 7.99. The quantitative estimate of drug-likeness (QED) is 0.202. The van der Waals surface area contributed by atoms with Gasteiger partial charge in [-0.2, -0.15) is 26.3 Å². The molecule has 202 valence electrons. The van der Waals surface area contributed by atoms with Gasteiger partial charge in [-0.25, -0.2) is 4.98 Å². The minimum absolute atomic E-state index is 0.106. The molecule has 0 amide bonds. The van der Waals surface area contributed by atoms with Gasteiger partial charge in [0.2, 0.25) is 0 Å². The number of aromatic nitrogens is 2. The van der Waals surface area contributed by atoms with E-state index in [-0.39, 0.29) is 11.5 Å². The van der Waals surface area contributed by atoms with E-state index in [9.17, 15) is 31.1 Å². The number of allylic oxidation sites excluding steroid dienone is 1. The number of halogens is 6. The Labute approximate surface area is 217 Å². The number of nitrogens with zero attached hydrogens (tertiary/aromatic N) is 2. The number of nitrogens with one attached hydrogen (secondary N) is 1. The largest absolute Gasteiger partial charge is 0.487 e. The SMILES string of the molecule is O=C(C=CN1CCOCC1)c1ccc(Sc2cccc(OCc3cnc[nH]3)c2)c(C(F)(F)F)c1C(F)(F)F. The number of ketones is 1. The van der Waals surface area contributed by atoms with Gasteiger partial charge in [0.15, 0.2) is 5.78 Å². The van der Waals surface area contributed by atoms with Gasteiger partial charge in [-0.1, -0.05) is 17.8 Å². The molecule has 13 heteroatoms. The lowest BCUT2D eigenvalue weighted by Crippen LogP contribution is -2.32. The van der Waals surface area contributed by atoms with Crippen LogP contribution in [0.1, 0.15) is 27.2 Å². The van der Waals surface area contributed by atoms with Crippen molar-refractivity contribution in [3.63, 3.8) is 0 Å². The van der Waals surface area contributed by atoms with Crippen LogP contribution in [-0.2, 0) is 23.7 Å². The third kappa shape index (κ3) is 6.90. The number of hydrogen-bond acceptors (Lipinski definition) is 6. The van der Waals surface area contributed by atoms with E-state index < -0.39 is 39.7 Å². The smallest absolute Gasteiger partial charge is 0.418 e. The van der Waals surface area contributed by atoms with Crippen molar-refractivity contribution in [3.05, 3.63) is 83.6 Å². The number of carbonyl (C=O) groups excluding carboxylic acids is 1. The van der Waals surface area contributed by atoms with Gasteiger partial charge in [-0.15, -0.1) is 0 Å². The van der Waals surface area contributed by atoms with Crippen molar-refractivity contribution in [3.8, 4) is 5.75 Å². The van der Waals surface area contributed by atoms with E-state index >= 15 is 0 Å². The van der Waals surface area contributed by atoms with Crippen LogP contribution in [0.5, 0.6) is 5.75 Å². The highest BCUT2D eigenvalue weighted by Gasteiger charge is 2.47. The Balaban J connectivity index is 1.67.